The molecule has 2 aromatic rings. The molecule has 0 saturated heterocycles. The quantitative estimate of drug-likeness (QED) is 0.840. The molecule has 0 bridgehead atoms. The van der Waals surface area contributed by atoms with Crippen LogP contribution in [0.5, 0.6) is 11.5 Å². The van der Waals surface area contributed by atoms with Crippen LogP contribution in [0.4, 0.5) is 14.5 Å². The second kappa shape index (κ2) is 4.94. The minimum absolute atomic E-state index is 0.0735. The third-order valence-corrected chi connectivity index (χ3v) is 2.58. The van der Waals surface area contributed by atoms with E-state index >= 15 is 0 Å². The molecule has 5 heteroatoms. The van der Waals surface area contributed by atoms with Crippen molar-refractivity contribution >= 4 is 5.69 Å². The number of nitrogen functional groups attached to an aromatic ring is 1. The van der Waals surface area contributed by atoms with Crippen LogP contribution in [0.3, 0.4) is 0 Å². The van der Waals surface area contributed by atoms with Crippen LogP contribution in [0, 0.1) is 29.9 Å². The van der Waals surface area contributed by atoms with Crippen molar-refractivity contribution in [2.45, 2.75) is 6.92 Å². The van der Waals surface area contributed by atoms with Crippen LogP contribution < -0.4 is 10.5 Å². The second-order valence-electron chi connectivity index (χ2n) is 3.99. The number of anilines is 1. The lowest BCUT2D eigenvalue weighted by atomic mass is 10.2. The van der Waals surface area contributed by atoms with Gasteiger partial charge in [-0.1, -0.05) is 0 Å². The number of nitrogens with zero attached hydrogens (tertiary/aromatic N) is 1. The lowest BCUT2D eigenvalue weighted by Gasteiger charge is -2.10. The maximum absolute atomic E-state index is 13.4. The van der Waals surface area contributed by atoms with Crippen molar-refractivity contribution in [2.75, 3.05) is 5.73 Å². The van der Waals surface area contributed by atoms with Crippen LogP contribution in [0.1, 0.15) is 11.1 Å². The fourth-order valence-electron chi connectivity index (χ4n) is 1.54. The van der Waals surface area contributed by atoms with Gasteiger partial charge in [0.05, 0.1) is 11.3 Å². The molecule has 19 heavy (non-hydrogen) atoms. The number of halogens is 2. The van der Waals surface area contributed by atoms with Gasteiger partial charge in [-0.25, -0.2) is 8.78 Å². The van der Waals surface area contributed by atoms with Crippen molar-refractivity contribution in [3.05, 3.63) is 53.1 Å². The maximum atomic E-state index is 13.4. The van der Waals surface area contributed by atoms with Gasteiger partial charge in [-0.05, 0) is 30.7 Å². The number of aryl methyl sites for hydroxylation is 1. The first-order valence-corrected chi connectivity index (χ1v) is 5.44. The molecule has 3 nitrogen and oxygen atoms in total. The molecule has 96 valence electrons. The van der Waals surface area contributed by atoms with Crippen LogP contribution in [-0.4, -0.2) is 0 Å². The molecule has 2 aromatic carbocycles. The van der Waals surface area contributed by atoms with Crippen LogP contribution in [0.25, 0.3) is 0 Å². The average Bonchev–Trinajstić information content (AvgIpc) is 2.36. The Kier molecular flexibility index (Phi) is 3.34. The van der Waals surface area contributed by atoms with Gasteiger partial charge in [0.1, 0.15) is 23.5 Å². The molecule has 0 aliphatic carbocycles. The van der Waals surface area contributed by atoms with Gasteiger partial charge in [-0.15, -0.1) is 0 Å². The number of hydrogen-bond acceptors (Lipinski definition) is 3. The summed E-state index contributed by atoms with van der Waals surface area (Å²) >= 11 is 0. The Morgan fingerprint density at radius 3 is 2.53 bits per heavy atom. The second-order valence-corrected chi connectivity index (χ2v) is 3.99. The molecule has 0 atom stereocenters. The Morgan fingerprint density at radius 2 is 1.89 bits per heavy atom. The zero-order chi connectivity index (χ0) is 14.0. The lowest BCUT2D eigenvalue weighted by molar-refractivity contribution is 0.476. The lowest BCUT2D eigenvalue weighted by Crippen LogP contribution is -1.96. The monoisotopic (exact) mass is 260 g/mol. The number of hydrogen-bond donors (Lipinski definition) is 1. The molecule has 2 N–H and O–H groups in total. The summed E-state index contributed by atoms with van der Waals surface area (Å²) in [7, 11) is 0. The summed E-state index contributed by atoms with van der Waals surface area (Å²) in [6.07, 6.45) is 0. The first-order chi connectivity index (χ1) is 9.01. The molecule has 0 aliphatic heterocycles. The van der Waals surface area contributed by atoms with Gasteiger partial charge in [0.25, 0.3) is 0 Å². The van der Waals surface area contributed by atoms with Gasteiger partial charge in [0, 0.05) is 12.1 Å². The van der Waals surface area contributed by atoms with E-state index in [0.717, 1.165) is 12.1 Å². The van der Waals surface area contributed by atoms with Gasteiger partial charge in [0.15, 0.2) is 5.75 Å². The van der Waals surface area contributed by atoms with E-state index in [2.05, 4.69) is 0 Å². The molecule has 0 heterocycles. The summed E-state index contributed by atoms with van der Waals surface area (Å²) in [5.41, 5.74) is 6.04. The molecular formula is C14H10F2N2O. The fourth-order valence-corrected chi connectivity index (χ4v) is 1.54. The Labute approximate surface area is 108 Å². The van der Waals surface area contributed by atoms with Crippen molar-refractivity contribution in [3.63, 3.8) is 0 Å². The zero-order valence-electron chi connectivity index (χ0n) is 10.1. The highest BCUT2D eigenvalue weighted by Gasteiger charge is 2.09. The third kappa shape index (κ3) is 2.63. The number of nitriles is 1. The normalized spacial score (nSPS) is 10.0. The summed E-state index contributed by atoms with van der Waals surface area (Å²) in [5, 5.41) is 8.62. The van der Waals surface area contributed by atoms with E-state index in [0.29, 0.717) is 5.56 Å². The molecule has 0 unspecified atom stereocenters. The summed E-state index contributed by atoms with van der Waals surface area (Å²) in [6.45, 7) is 1.57. The minimum Gasteiger partial charge on any atom is -0.455 e. The van der Waals surface area contributed by atoms with E-state index in [1.54, 1.807) is 13.0 Å². The highest BCUT2D eigenvalue weighted by molar-refractivity contribution is 5.56. The van der Waals surface area contributed by atoms with Crippen molar-refractivity contribution in [3.8, 4) is 17.6 Å². The molecule has 2 rings (SSSR count). The van der Waals surface area contributed by atoms with Crippen molar-refractivity contribution in [2.24, 2.45) is 0 Å². The zero-order valence-corrected chi connectivity index (χ0v) is 10.1. The Morgan fingerprint density at radius 1 is 1.16 bits per heavy atom. The number of ether oxygens (including phenoxy) is 1. The molecule has 0 fully saturated rings. The minimum atomic E-state index is -0.683. The Hall–Kier alpha value is -2.61. The van der Waals surface area contributed by atoms with E-state index in [-0.39, 0.29) is 22.7 Å². The third-order valence-electron chi connectivity index (χ3n) is 2.58. The van der Waals surface area contributed by atoms with Crippen molar-refractivity contribution in [1.29, 1.82) is 5.26 Å². The molecule has 0 radical (unpaired) electrons. The molecular weight excluding hydrogens is 250 g/mol. The van der Waals surface area contributed by atoms with Gasteiger partial charge < -0.3 is 10.5 Å². The van der Waals surface area contributed by atoms with E-state index in [1.807, 2.05) is 0 Å². The number of nitrogens with two attached hydrogens (primary N) is 1. The largest absolute Gasteiger partial charge is 0.455 e. The van der Waals surface area contributed by atoms with E-state index in [4.69, 9.17) is 15.7 Å². The predicted octanol–water partition coefficient (Wildman–Crippen LogP) is 3.52. The Bertz CT molecular complexity index is 678. The van der Waals surface area contributed by atoms with Crippen molar-refractivity contribution < 1.29 is 13.5 Å². The smallest absolute Gasteiger partial charge is 0.150 e. The standard InChI is InChI=1S/C14H10F2N2O/c1-8-4-14(13(18)6-11(8)15)19-10-3-2-9(7-17)12(16)5-10/h2-6H,18H2,1H3. The average molecular weight is 260 g/mol. The summed E-state index contributed by atoms with van der Waals surface area (Å²) in [5.74, 6) is -0.689. The van der Waals surface area contributed by atoms with Gasteiger partial charge in [0.2, 0.25) is 0 Å². The maximum Gasteiger partial charge on any atom is 0.150 e. The highest BCUT2D eigenvalue weighted by atomic mass is 19.1. The van der Waals surface area contributed by atoms with E-state index < -0.39 is 11.6 Å². The van der Waals surface area contributed by atoms with Gasteiger partial charge in [-0.2, -0.15) is 5.26 Å². The molecule has 0 amide bonds. The number of benzene rings is 2. The van der Waals surface area contributed by atoms with Crippen molar-refractivity contribution in [1.82, 2.24) is 0 Å². The first-order valence-electron chi connectivity index (χ1n) is 5.44. The van der Waals surface area contributed by atoms with Gasteiger partial charge in [-0.3, -0.25) is 0 Å². The van der Waals surface area contributed by atoms with Crippen LogP contribution in [-0.2, 0) is 0 Å². The first kappa shape index (κ1) is 12.8. The van der Waals surface area contributed by atoms with Crippen LogP contribution in [0.15, 0.2) is 30.3 Å². The van der Waals surface area contributed by atoms with Crippen LogP contribution >= 0.6 is 0 Å². The molecule has 0 saturated carbocycles. The predicted molar refractivity (Wildman–Crippen MR) is 66.7 cm³/mol. The van der Waals surface area contributed by atoms with E-state index in [1.165, 1.54) is 18.2 Å². The fraction of sp³-hybridized carbons (Fsp3) is 0.0714. The number of rotatable bonds is 2. The molecule has 0 aromatic heterocycles. The van der Waals surface area contributed by atoms with Gasteiger partial charge >= 0.3 is 0 Å². The highest BCUT2D eigenvalue weighted by Crippen LogP contribution is 2.30. The van der Waals surface area contributed by atoms with E-state index in [9.17, 15) is 8.78 Å². The Balaban J connectivity index is 2.34. The summed E-state index contributed by atoms with van der Waals surface area (Å²) < 4.78 is 32.0. The molecule has 0 spiro atoms. The topological polar surface area (TPSA) is 59.0 Å². The van der Waals surface area contributed by atoms with Crippen LogP contribution in [0.2, 0.25) is 0 Å². The SMILES string of the molecule is Cc1cc(Oc2ccc(C#N)c(F)c2)c(N)cc1F. The molecule has 0 aliphatic rings. The summed E-state index contributed by atoms with van der Waals surface area (Å²) in [6, 6.07) is 8.11. The summed E-state index contributed by atoms with van der Waals surface area (Å²) in [4.78, 5) is 0.